The molecule has 0 radical (unpaired) electrons. The summed E-state index contributed by atoms with van der Waals surface area (Å²) in [6.45, 7) is 0.928. The number of amides is 1. The molecular formula is C14H15Cl4NO4. The molecule has 23 heavy (non-hydrogen) atoms. The van der Waals surface area contributed by atoms with E-state index in [1.807, 2.05) is 0 Å². The van der Waals surface area contributed by atoms with Gasteiger partial charge in [0.1, 0.15) is 16.8 Å². The molecular weight excluding hydrogens is 388 g/mol. The number of ether oxygens (including phenoxy) is 3. The fraction of sp³-hybridized carbons (Fsp3) is 0.357. The van der Waals surface area contributed by atoms with E-state index in [1.54, 1.807) is 12.1 Å². The first-order valence-electron chi connectivity index (χ1n) is 6.51. The molecule has 1 amide bonds. The molecule has 0 aliphatic rings. The van der Waals surface area contributed by atoms with Crippen molar-refractivity contribution in [3.8, 4) is 11.5 Å². The molecule has 9 heteroatoms. The molecule has 1 aromatic carbocycles. The summed E-state index contributed by atoms with van der Waals surface area (Å²) in [5, 5.41) is 3.16. The molecule has 0 atom stereocenters. The van der Waals surface area contributed by atoms with Gasteiger partial charge in [-0.15, -0.1) is 0 Å². The first kappa shape index (κ1) is 20.0. The summed E-state index contributed by atoms with van der Waals surface area (Å²) < 4.78 is 15.5. The minimum Gasteiger partial charge on any atom is -0.490 e. The number of nitrogens with one attached hydrogen (secondary N) is 1. The van der Waals surface area contributed by atoms with Crippen molar-refractivity contribution >= 4 is 52.5 Å². The van der Waals surface area contributed by atoms with Gasteiger partial charge in [-0.05, 0) is 12.5 Å². The van der Waals surface area contributed by atoms with Crippen LogP contribution >= 0.6 is 46.4 Å². The normalized spacial score (nSPS) is 9.96. The molecule has 5 nitrogen and oxygen atoms in total. The van der Waals surface area contributed by atoms with E-state index in [1.165, 1.54) is 13.2 Å². The van der Waals surface area contributed by atoms with Gasteiger partial charge in [0.25, 0.3) is 0 Å². The highest BCUT2D eigenvalue weighted by atomic mass is 35.5. The van der Waals surface area contributed by atoms with Crippen LogP contribution in [0, 0.1) is 0 Å². The van der Waals surface area contributed by atoms with E-state index in [0.717, 1.165) is 0 Å². The average molecular weight is 403 g/mol. The number of methoxy groups -OCH3 is 1. The standard InChI is InChI=1S/C14H15Cl4NO4/c1-21-14(20)19-4-2-5-23-13-10(15)7-9(8-11(13)16)22-6-3-12(17)18/h3,7-8H,2,4-6H2,1H3,(H,19,20). The zero-order valence-electron chi connectivity index (χ0n) is 12.2. The number of benzene rings is 1. The Morgan fingerprint density at radius 2 is 1.87 bits per heavy atom. The lowest BCUT2D eigenvalue weighted by atomic mass is 10.3. The van der Waals surface area contributed by atoms with Gasteiger partial charge in [0, 0.05) is 18.7 Å². The second-order valence-electron chi connectivity index (χ2n) is 4.14. The monoisotopic (exact) mass is 401 g/mol. The van der Waals surface area contributed by atoms with Crippen LogP contribution in [0.5, 0.6) is 11.5 Å². The summed E-state index contributed by atoms with van der Waals surface area (Å²) >= 11 is 23.2. The van der Waals surface area contributed by atoms with E-state index in [9.17, 15) is 4.79 Å². The third-order valence-corrected chi connectivity index (χ3v) is 3.35. The number of rotatable bonds is 8. The molecule has 0 saturated carbocycles. The summed E-state index contributed by atoms with van der Waals surface area (Å²) in [5.74, 6) is 0.815. The summed E-state index contributed by atoms with van der Waals surface area (Å²) in [6.07, 6.45) is 1.57. The molecule has 0 saturated heterocycles. The van der Waals surface area contributed by atoms with Crippen LogP contribution in [0.4, 0.5) is 4.79 Å². The Bertz CT molecular complexity index is 539. The smallest absolute Gasteiger partial charge is 0.406 e. The fourth-order valence-electron chi connectivity index (χ4n) is 1.47. The van der Waals surface area contributed by atoms with Crippen LogP contribution in [0.25, 0.3) is 0 Å². The Kier molecular flexibility index (Phi) is 9.33. The Morgan fingerprint density at radius 1 is 1.22 bits per heavy atom. The maximum absolute atomic E-state index is 10.9. The maximum Gasteiger partial charge on any atom is 0.406 e. The van der Waals surface area contributed by atoms with Gasteiger partial charge in [-0.3, -0.25) is 0 Å². The van der Waals surface area contributed by atoms with Gasteiger partial charge in [-0.1, -0.05) is 46.4 Å². The minimum absolute atomic E-state index is 0.114. The van der Waals surface area contributed by atoms with Crippen LogP contribution < -0.4 is 14.8 Å². The molecule has 1 aromatic rings. The van der Waals surface area contributed by atoms with Crippen LogP contribution in [0.2, 0.25) is 10.0 Å². The maximum atomic E-state index is 10.9. The van der Waals surface area contributed by atoms with E-state index in [2.05, 4.69) is 10.1 Å². The number of hydrogen-bond donors (Lipinski definition) is 1. The van der Waals surface area contributed by atoms with Crippen LogP contribution in [-0.4, -0.2) is 33.0 Å². The molecule has 1 N–H and O–H groups in total. The van der Waals surface area contributed by atoms with Crippen molar-refractivity contribution in [3.05, 3.63) is 32.7 Å². The Hall–Kier alpha value is -1.01. The number of carbonyl (C=O) groups excluding carboxylic acids is 1. The van der Waals surface area contributed by atoms with Crippen molar-refractivity contribution in [1.82, 2.24) is 5.32 Å². The first-order chi connectivity index (χ1) is 10.9. The van der Waals surface area contributed by atoms with Crippen molar-refractivity contribution in [2.45, 2.75) is 6.42 Å². The topological polar surface area (TPSA) is 56.8 Å². The molecule has 128 valence electrons. The lowest BCUT2D eigenvalue weighted by Crippen LogP contribution is -2.25. The summed E-state index contributed by atoms with van der Waals surface area (Å²) in [5.41, 5.74) is 0. The third kappa shape index (κ3) is 7.88. The zero-order chi connectivity index (χ0) is 17.2. The molecule has 0 bridgehead atoms. The Labute approximate surface area is 154 Å². The first-order valence-corrected chi connectivity index (χ1v) is 8.03. The third-order valence-electron chi connectivity index (χ3n) is 2.48. The summed E-state index contributed by atoms with van der Waals surface area (Å²) in [7, 11) is 1.30. The van der Waals surface area contributed by atoms with Gasteiger partial charge in [0.05, 0.1) is 23.8 Å². The highest BCUT2D eigenvalue weighted by molar-refractivity contribution is 6.55. The molecule has 0 aliphatic heterocycles. The van der Waals surface area contributed by atoms with Gasteiger partial charge < -0.3 is 19.5 Å². The highest BCUT2D eigenvalue weighted by Gasteiger charge is 2.10. The second kappa shape index (κ2) is 10.7. The van der Waals surface area contributed by atoms with Crippen LogP contribution in [0.3, 0.4) is 0 Å². The number of alkyl carbamates (subject to hydrolysis) is 1. The quantitative estimate of drug-likeness (QED) is 0.633. The predicted molar refractivity (Wildman–Crippen MR) is 92.3 cm³/mol. The largest absolute Gasteiger partial charge is 0.490 e. The van der Waals surface area contributed by atoms with E-state index in [4.69, 9.17) is 55.9 Å². The molecule has 1 rings (SSSR count). The van der Waals surface area contributed by atoms with Gasteiger partial charge >= 0.3 is 6.09 Å². The fourth-order valence-corrected chi connectivity index (χ4v) is 2.17. The zero-order valence-corrected chi connectivity index (χ0v) is 15.2. The lowest BCUT2D eigenvalue weighted by Gasteiger charge is -2.12. The van der Waals surface area contributed by atoms with Crippen molar-refractivity contribution in [3.63, 3.8) is 0 Å². The number of halogens is 4. The van der Waals surface area contributed by atoms with Crippen LogP contribution in [0.1, 0.15) is 6.42 Å². The van der Waals surface area contributed by atoms with Gasteiger partial charge in [-0.2, -0.15) is 0 Å². The molecule has 0 unspecified atom stereocenters. The van der Waals surface area contributed by atoms with Crippen LogP contribution in [-0.2, 0) is 4.74 Å². The molecule has 0 heterocycles. The van der Waals surface area contributed by atoms with E-state index in [-0.39, 0.29) is 11.1 Å². The van der Waals surface area contributed by atoms with E-state index in [0.29, 0.717) is 41.1 Å². The Balaban J connectivity index is 2.50. The summed E-state index contributed by atoms with van der Waals surface area (Å²) in [6, 6.07) is 3.15. The van der Waals surface area contributed by atoms with Gasteiger partial charge in [-0.25, -0.2) is 4.79 Å². The molecule has 0 aromatic heterocycles. The number of hydrogen-bond acceptors (Lipinski definition) is 4. The molecule has 0 spiro atoms. The minimum atomic E-state index is -0.492. The average Bonchev–Trinajstić information content (AvgIpc) is 2.48. The van der Waals surface area contributed by atoms with E-state index >= 15 is 0 Å². The summed E-state index contributed by atoms with van der Waals surface area (Å²) in [4.78, 5) is 10.9. The van der Waals surface area contributed by atoms with Gasteiger partial charge in [0.15, 0.2) is 5.75 Å². The lowest BCUT2D eigenvalue weighted by molar-refractivity contribution is 0.170. The van der Waals surface area contributed by atoms with Crippen molar-refractivity contribution < 1.29 is 19.0 Å². The second-order valence-corrected chi connectivity index (χ2v) is 5.96. The van der Waals surface area contributed by atoms with Crippen molar-refractivity contribution in [2.75, 3.05) is 26.9 Å². The number of carbonyl (C=O) groups is 1. The van der Waals surface area contributed by atoms with Gasteiger partial charge in [0.2, 0.25) is 0 Å². The Morgan fingerprint density at radius 3 is 2.43 bits per heavy atom. The molecule has 0 fully saturated rings. The SMILES string of the molecule is COC(=O)NCCCOc1c(Cl)cc(OCC=C(Cl)Cl)cc1Cl. The van der Waals surface area contributed by atoms with Crippen molar-refractivity contribution in [1.29, 1.82) is 0 Å². The molecule has 0 aliphatic carbocycles. The van der Waals surface area contributed by atoms with E-state index < -0.39 is 6.09 Å². The van der Waals surface area contributed by atoms with Crippen molar-refractivity contribution in [2.24, 2.45) is 0 Å². The van der Waals surface area contributed by atoms with Crippen LogP contribution in [0.15, 0.2) is 22.7 Å². The highest BCUT2D eigenvalue weighted by Crippen LogP contribution is 2.37. The predicted octanol–water partition coefficient (Wildman–Crippen LogP) is 4.82.